The highest BCUT2D eigenvalue weighted by Crippen LogP contribution is 2.18. The zero-order valence-corrected chi connectivity index (χ0v) is 11.2. The van der Waals surface area contributed by atoms with Gasteiger partial charge in [-0.2, -0.15) is 0 Å². The van der Waals surface area contributed by atoms with Crippen molar-refractivity contribution in [1.29, 1.82) is 0 Å². The van der Waals surface area contributed by atoms with Crippen LogP contribution in [0.5, 0.6) is 0 Å². The van der Waals surface area contributed by atoms with Gasteiger partial charge in [0.1, 0.15) is 0 Å². The molecule has 19 heavy (non-hydrogen) atoms. The van der Waals surface area contributed by atoms with E-state index in [1.54, 1.807) is 0 Å². The third-order valence-corrected chi connectivity index (χ3v) is 3.08. The molecule has 0 N–H and O–H groups in total. The molecule has 2 rings (SSSR count). The van der Waals surface area contributed by atoms with Gasteiger partial charge in [-0.1, -0.05) is 12.2 Å². The van der Waals surface area contributed by atoms with E-state index in [1.165, 1.54) is 0 Å². The van der Waals surface area contributed by atoms with E-state index in [1.807, 2.05) is 12.2 Å². The van der Waals surface area contributed by atoms with Gasteiger partial charge >= 0.3 is 14.6 Å². The Morgan fingerprint density at radius 2 is 1.42 bits per heavy atom. The van der Waals surface area contributed by atoms with E-state index >= 15 is 0 Å². The van der Waals surface area contributed by atoms with Crippen LogP contribution in [0, 0.1) is 0 Å². The molecule has 2 heterocycles. The predicted octanol–water partition coefficient (Wildman–Crippen LogP) is 1.74. The van der Waals surface area contributed by atoms with Crippen LogP contribution in [0.1, 0.15) is 25.7 Å². The second-order valence-electron chi connectivity index (χ2n) is 4.60. The lowest BCUT2D eigenvalue weighted by Gasteiger charge is -2.31. The molecule has 7 heteroatoms. The topological polar surface area (TPSA) is 46.2 Å². The third-order valence-electron chi connectivity index (χ3n) is 3.08. The van der Waals surface area contributed by atoms with Crippen LogP contribution in [0.4, 0.5) is 0 Å². The molecule has 0 saturated carbocycles. The summed E-state index contributed by atoms with van der Waals surface area (Å²) in [5.74, 6) is 0. The Bertz CT molecular complexity index is 274. The monoisotopic (exact) mass is 266 g/mol. The van der Waals surface area contributed by atoms with Crippen LogP contribution in [0.15, 0.2) is 25.3 Å². The van der Waals surface area contributed by atoms with Gasteiger partial charge < -0.3 is 23.2 Å². The van der Waals surface area contributed by atoms with Gasteiger partial charge in [-0.25, -0.2) is 0 Å². The van der Waals surface area contributed by atoms with Gasteiger partial charge in [-0.05, 0) is 25.7 Å². The van der Waals surface area contributed by atoms with Crippen molar-refractivity contribution in [3.63, 3.8) is 0 Å². The van der Waals surface area contributed by atoms with Gasteiger partial charge in [0.2, 0.25) is 0 Å². The average molecular weight is 266 g/mol. The summed E-state index contributed by atoms with van der Waals surface area (Å²) >= 11 is 0. The summed E-state index contributed by atoms with van der Waals surface area (Å²) in [5.41, 5.74) is 0. The van der Waals surface area contributed by atoms with Gasteiger partial charge in [0, 0.05) is 13.2 Å². The summed E-state index contributed by atoms with van der Waals surface area (Å²) in [4.78, 5) is 0. The highest BCUT2D eigenvalue weighted by atomic mass is 16.8. The molecule has 0 radical (unpaired) electrons. The summed E-state index contributed by atoms with van der Waals surface area (Å²) in [6.07, 6.45) is 7.10. The average Bonchev–Trinajstić information content (AvgIpc) is 2.40. The molecule has 0 aromatic heterocycles. The smallest absolute Gasteiger partial charge is 0.399 e. The maximum atomic E-state index is 5.63. The van der Waals surface area contributed by atoms with Crippen molar-refractivity contribution in [2.75, 3.05) is 13.2 Å². The molecule has 5 nitrogen and oxygen atoms in total. The molecule has 0 aromatic rings. The molecular weight excluding hydrogens is 246 g/mol. The van der Waals surface area contributed by atoms with E-state index in [2.05, 4.69) is 13.2 Å². The van der Waals surface area contributed by atoms with Crippen LogP contribution >= 0.6 is 0 Å². The molecule has 0 amide bonds. The van der Waals surface area contributed by atoms with E-state index in [4.69, 9.17) is 23.2 Å². The lowest BCUT2D eigenvalue weighted by Crippen LogP contribution is -2.47. The van der Waals surface area contributed by atoms with E-state index in [9.17, 15) is 0 Å². The highest BCUT2D eigenvalue weighted by Gasteiger charge is 2.39. The molecule has 2 aliphatic rings. The minimum Gasteiger partial charge on any atom is -0.399 e. The number of hydrogen-bond donors (Lipinski definition) is 0. The summed E-state index contributed by atoms with van der Waals surface area (Å²) in [6.45, 7) is 8.62. The molecule has 0 aliphatic carbocycles. The Morgan fingerprint density at radius 1 is 0.947 bits per heavy atom. The Balaban J connectivity index is 1.76. The van der Waals surface area contributed by atoms with Gasteiger partial charge in [0.15, 0.2) is 0 Å². The van der Waals surface area contributed by atoms with Crippen LogP contribution in [0.25, 0.3) is 0 Å². The van der Waals surface area contributed by atoms with Crippen molar-refractivity contribution in [2.45, 2.75) is 37.9 Å². The van der Waals surface area contributed by atoms with Gasteiger partial charge in [-0.15, -0.1) is 13.2 Å². The Kier molecular flexibility index (Phi) is 6.13. The molecule has 0 bridgehead atoms. The lowest BCUT2D eigenvalue weighted by atomic mass is 10.0. The standard InChI is InChI=1S/C12H20B2O5/c1-3-5-11-7-9-15-13(17-11)19-14-16-10-8-12(18-14)6-4-2/h3-4,11-12H,1-2,5-10H2. The molecule has 0 spiro atoms. The summed E-state index contributed by atoms with van der Waals surface area (Å²) in [5, 5.41) is 0. The highest BCUT2D eigenvalue weighted by molar-refractivity contribution is 6.52. The lowest BCUT2D eigenvalue weighted by molar-refractivity contribution is -0.00935. The minimum absolute atomic E-state index is 0.0869. The third kappa shape index (κ3) is 4.78. The van der Waals surface area contributed by atoms with Crippen LogP contribution in [-0.2, 0) is 23.2 Å². The van der Waals surface area contributed by atoms with Crippen molar-refractivity contribution < 1.29 is 23.2 Å². The van der Waals surface area contributed by atoms with E-state index in [0.717, 1.165) is 25.7 Å². The van der Waals surface area contributed by atoms with Crippen molar-refractivity contribution in [3.05, 3.63) is 25.3 Å². The predicted molar refractivity (Wildman–Crippen MR) is 73.1 cm³/mol. The first kappa shape index (κ1) is 14.8. The van der Waals surface area contributed by atoms with Crippen molar-refractivity contribution in [2.24, 2.45) is 0 Å². The molecular formula is C12H20B2O5. The van der Waals surface area contributed by atoms with Gasteiger partial charge in [0.25, 0.3) is 0 Å². The quantitative estimate of drug-likeness (QED) is 0.541. The van der Waals surface area contributed by atoms with Crippen molar-refractivity contribution in [3.8, 4) is 0 Å². The number of rotatable bonds is 6. The Morgan fingerprint density at radius 3 is 1.84 bits per heavy atom. The van der Waals surface area contributed by atoms with E-state index in [0.29, 0.717) is 13.2 Å². The minimum atomic E-state index is -0.730. The fourth-order valence-corrected chi connectivity index (χ4v) is 2.07. The maximum absolute atomic E-state index is 5.63. The summed E-state index contributed by atoms with van der Waals surface area (Å²) in [7, 11) is -1.46. The molecule has 2 atom stereocenters. The second-order valence-corrected chi connectivity index (χ2v) is 4.60. The first-order valence-electron chi connectivity index (χ1n) is 6.73. The van der Waals surface area contributed by atoms with Crippen LogP contribution in [-0.4, -0.2) is 40.1 Å². The first-order chi connectivity index (χ1) is 9.31. The maximum Gasteiger partial charge on any atom is 0.627 e. The molecule has 104 valence electrons. The van der Waals surface area contributed by atoms with E-state index < -0.39 is 14.6 Å². The fraction of sp³-hybridized carbons (Fsp3) is 0.667. The number of hydrogen-bond acceptors (Lipinski definition) is 5. The van der Waals surface area contributed by atoms with Crippen LogP contribution < -0.4 is 0 Å². The molecule has 2 saturated heterocycles. The largest absolute Gasteiger partial charge is 0.627 e. The van der Waals surface area contributed by atoms with E-state index in [-0.39, 0.29) is 12.2 Å². The van der Waals surface area contributed by atoms with Gasteiger partial charge in [-0.3, -0.25) is 0 Å². The van der Waals surface area contributed by atoms with Crippen molar-refractivity contribution >= 4 is 14.6 Å². The Labute approximate surface area is 115 Å². The molecule has 2 unspecified atom stereocenters. The van der Waals surface area contributed by atoms with Crippen LogP contribution in [0.3, 0.4) is 0 Å². The molecule has 2 fully saturated rings. The normalized spacial score (nSPS) is 28.2. The second kappa shape index (κ2) is 7.87. The first-order valence-corrected chi connectivity index (χ1v) is 6.73. The van der Waals surface area contributed by atoms with Crippen molar-refractivity contribution in [1.82, 2.24) is 0 Å². The van der Waals surface area contributed by atoms with Gasteiger partial charge in [0.05, 0.1) is 12.2 Å². The Hall–Kier alpha value is -0.590. The SMILES string of the molecule is C=CCC1CCOB(OB2OCCC(CC=C)O2)O1. The summed E-state index contributed by atoms with van der Waals surface area (Å²) in [6, 6.07) is 0. The molecule has 2 aliphatic heterocycles. The molecule has 0 aromatic carbocycles. The van der Waals surface area contributed by atoms with Crippen LogP contribution in [0.2, 0.25) is 0 Å². The fourth-order valence-electron chi connectivity index (χ4n) is 2.07. The summed E-state index contributed by atoms with van der Waals surface area (Å²) < 4.78 is 27.6. The zero-order chi connectivity index (χ0) is 13.5. The zero-order valence-electron chi connectivity index (χ0n) is 11.2.